The van der Waals surface area contributed by atoms with Crippen molar-refractivity contribution in [1.82, 2.24) is 9.62 Å². The molecule has 1 N–H and O–H groups in total. The fourth-order valence-corrected chi connectivity index (χ4v) is 3.46. The molecule has 108 valence electrons. The third kappa shape index (κ3) is 3.57. The zero-order chi connectivity index (χ0) is 14.0. The summed E-state index contributed by atoms with van der Waals surface area (Å²) in [6, 6.07) is 0.231. The summed E-state index contributed by atoms with van der Waals surface area (Å²) in [6.07, 6.45) is 7.45. The van der Waals surface area contributed by atoms with Crippen LogP contribution in [0.5, 0.6) is 0 Å². The summed E-state index contributed by atoms with van der Waals surface area (Å²) in [5, 5.41) is 3.05. The third-order valence-corrected chi connectivity index (χ3v) is 5.29. The van der Waals surface area contributed by atoms with Crippen molar-refractivity contribution in [3.05, 3.63) is 11.6 Å². The van der Waals surface area contributed by atoms with Gasteiger partial charge in [0.25, 0.3) is 0 Å². The first-order chi connectivity index (χ1) is 8.88. The van der Waals surface area contributed by atoms with Crippen molar-refractivity contribution in [2.75, 3.05) is 19.3 Å². The van der Waals surface area contributed by atoms with Crippen molar-refractivity contribution in [3.8, 4) is 0 Å². The van der Waals surface area contributed by atoms with Crippen LogP contribution in [0, 0.1) is 5.92 Å². The highest BCUT2D eigenvalue weighted by atomic mass is 32.2. The van der Waals surface area contributed by atoms with Gasteiger partial charge in [-0.15, -0.1) is 0 Å². The summed E-state index contributed by atoms with van der Waals surface area (Å²) >= 11 is 0. The van der Waals surface area contributed by atoms with Crippen LogP contribution in [0.2, 0.25) is 0 Å². The first-order valence-electron chi connectivity index (χ1n) is 6.83. The topological polar surface area (TPSA) is 66.5 Å². The normalized spacial score (nSPS) is 29.1. The fraction of sp³-hybridized carbons (Fsp3) is 0.769. The number of nitrogens with one attached hydrogen (secondary N) is 1. The number of carbonyl (C=O) groups is 1. The number of amides is 1. The zero-order valence-corrected chi connectivity index (χ0v) is 12.4. The van der Waals surface area contributed by atoms with Crippen molar-refractivity contribution in [1.29, 1.82) is 0 Å². The summed E-state index contributed by atoms with van der Waals surface area (Å²) in [7, 11) is -3.21. The molecular weight excluding hydrogens is 264 g/mol. The molecule has 0 radical (unpaired) electrons. The predicted molar refractivity (Wildman–Crippen MR) is 74.1 cm³/mol. The monoisotopic (exact) mass is 286 g/mol. The van der Waals surface area contributed by atoms with Crippen LogP contribution in [0.25, 0.3) is 0 Å². The Balaban J connectivity index is 1.91. The molecule has 0 saturated heterocycles. The highest BCUT2D eigenvalue weighted by molar-refractivity contribution is 7.88. The molecule has 5 nitrogen and oxygen atoms in total. The minimum atomic E-state index is -3.21. The van der Waals surface area contributed by atoms with Gasteiger partial charge in [0.1, 0.15) is 0 Å². The number of nitrogens with zero attached hydrogens (tertiary/aromatic N) is 1. The van der Waals surface area contributed by atoms with Gasteiger partial charge in [0, 0.05) is 24.7 Å². The second-order valence-corrected chi connectivity index (χ2v) is 7.61. The Bertz CT molecular complexity index is 484. The van der Waals surface area contributed by atoms with Gasteiger partial charge in [-0.25, -0.2) is 8.42 Å². The summed E-state index contributed by atoms with van der Waals surface area (Å²) in [5.41, 5.74) is 0.572. The van der Waals surface area contributed by atoms with Crippen LogP contribution in [-0.2, 0) is 14.8 Å². The molecule has 19 heavy (non-hydrogen) atoms. The molecule has 2 atom stereocenters. The molecule has 0 spiro atoms. The first kappa shape index (κ1) is 14.5. The lowest BCUT2D eigenvalue weighted by Gasteiger charge is -2.29. The third-order valence-electron chi connectivity index (χ3n) is 4.08. The molecule has 0 bridgehead atoms. The average Bonchev–Trinajstić information content (AvgIpc) is 2.81. The first-order valence-corrected chi connectivity index (χ1v) is 8.68. The lowest BCUT2D eigenvalue weighted by atomic mass is 9.86. The van der Waals surface area contributed by atoms with Gasteiger partial charge in [-0.1, -0.05) is 25.8 Å². The van der Waals surface area contributed by atoms with E-state index in [0.29, 0.717) is 18.0 Å². The molecular formula is C13H22N2O3S. The molecule has 1 aliphatic heterocycles. The van der Waals surface area contributed by atoms with E-state index in [1.807, 2.05) is 0 Å². The number of carbonyl (C=O) groups excluding carboxylic acids is 1. The van der Waals surface area contributed by atoms with Gasteiger partial charge in [0.05, 0.1) is 6.26 Å². The minimum absolute atomic E-state index is 0.107. The van der Waals surface area contributed by atoms with Gasteiger partial charge in [-0.3, -0.25) is 4.79 Å². The Labute approximate surface area is 115 Å². The molecule has 2 aliphatic rings. The van der Waals surface area contributed by atoms with Crippen LogP contribution < -0.4 is 5.32 Å². The molecule has 1 aliphatic carbocycles. The summed E-state index contributed by atoms with van der Waals surface area (Å²) in [5.74, 6) is 0.399. The van der Waals surface area contributed by atoms with E-state index in [2.05, 4.69) is 12.2 Å². The molecule has 2 rings (SSSR count). The predicted octanol–water partition coefficient (Wildman–Crippen LogP) is 0.883. The smallest absolute Gasteiger partial charge is 0.248 e. The van der Waals surface area contributed by atoms with E-state index >= 15 is 0 Å². The molecule has 0 aromatic carbocycles. The highest BCUT2D eigenvalue weighted by Gasteiger charge is 2.28. The highest BCUT2D eigenvalue weighted by Crippen LogP contribution is 2.24. The SMILES string of the molecule is C[C@@H]1CCCC[C@H]1NC(=O)C1=CCN(S(C)(=O)=O)C1. The van der Waals surface area contributed by atoms with Crippen LogP contribution >= 0.6 is 0 Å². The summed E-state index contributed by atoms with van der Waals surface area (Å²) in [4.78, 5) is 12.1. The second-order valence-electron chi connectivity index (χ2n) is 5.63. The molecule has 0 aromatic heterocycles. The Morgan fingerprint density at radius 3 is 2.63 bits per heavy atom. The van der Waals surface area contributed by atoms with E-state index in [1.54, 1.807) is 6.08 Å². The Kier molecular flexibility index (Phi) is 4.30. The van der Waals surface area contributed by atoms with Crippen LogP contribution in [0.1, 0.15) is 32.6 Å². The van der Waals surface area contributed by atoms with Crippen LogP contribution in [-0.4, -0.2) is 44.0 Å². The molecule has 1 fully saturated rings. The Morgan fingerprint density at radius 2 is 2.05 bits per heavy atom. The van der Waals surface area contributed by atoms with Crippen molar-refractivity contribution in [2.45, 2.75) is 38.6 Å². The van der Waals surface area contributed by atoms with E-state index in [1.165, 1.54) is 17.0 Å². The van der Waals surface area contributed by atoms with E-state index in [-0.39, 0.29) is 18.5 Å². The molecule has 1 amide bonds. The maximum Gasteiger partial charge on any atom is 0.248 e. The van der Waals surface area contributed by atoms with Gasteiger partial charge < -0.3 is 5.32 Å². The quantitative estimate of drug-likeness (QED) is 0.837. The molecule has 1 saturated carbocycles. The number of sulfonamides is 1. The molecule has 1 heterocycles. The Hall–Kier alpha value is -0.880. The Morgan fingerprint density at radius 1 is 1.37 bits per heavy atom. The lowest BCUT2D eigenvalue weighted by molar-refractivity contribution is -0.118. The largest absolute Gasteiger partial charge is 0.349 e. The van der Waals surface area contributed by atoms with Crippen molar-refractivity contribution in [3.63, 3.8) is 0 Å². The summed E-state index contributed by atoms with van der Waals surface area (Å²) < 4.78 is 24.1. The fourth-order valence-electron chi connectivity index (χ4n) is 2.74. The van der Waals surface area contributed by atoms with E-state index in [9.17, 15) is 13.2 Å². The van der Waals surface area contributed by atoms with E-state index < -0.39 is 10.0 Å². The van der Waals surface area contributed by atoms with Crippen LogP contribution in [0.3, 0.4) is 0 Å². The minimum Gasteiger partial charge on any atom is -0.349 e. The maximum absolute atomic E-state index is 12.1. The van der Waals surface area contributed by atoms with Gasteiger partial charge in [-0.05, 0) is 18.8 Å². The lowest BCUT2D eigenvalue weighted by Crippen LogP contribution is -2.42. The van der Waals surface area contributed by atoms with Crippen molar-refractivity contribution in [2.24, 2.45) is 5.92 Å². The van der Waals surface area contributed by atoms with E-state index in [0.717, 1.165) is 19.3 Å². The number of hydrogen-bond donors (Lipinski definition) is 1. The van der Waals surface area contributed by atoms with Crippen molar-refractivity contribution < 1.29 is 13.2 Å². The van der Waals surface area contributed by atoms with Gasteiger partial charge in [0.2, 0.25) is 15.9 Å². The second kappa shape index (κ2) is 5.63. The van der Waals surface area contributed by atoms with Gasteiger partial charge >= 0.3 is 0 Å². The zero-order valence-electron chi connectivity index (χ0n) is 11.6. The summed E-state index contributed by atoms with van der Waals surface area (Å²) in [6.45, 7) is 2.67. The number of rotatable bonds is 3. The van der Waals surface area contributed by atoms with E-state index in [4.69, 9.17) is 0 Å². The standard InChI is InChI=1S/C13H22N2O3S/c1-10-5-3-4-6-12(10)14-13(16)11-7-8-15(9-11)19(2,17)18/h7,10,12H,3-6,8-9H2,1-2H3,(H,14,16)/t10-,12-/m1/s1. The number of hydrogen-bond acceptors (Lipinski definition) is 3. The van der Waals surface area contributed by atoms with Crippen molar-refractivity contribution >= 4 is 15.9 Å². The van der Waals surface area contributed by atoms with Gasteiger partial charge in [0.15, 0.2) is 0 Å². The molecule has 6 heteroatoms. The average molecular weight is 286 g/mol. The van der Waals surface area contributed by atoms with Crippen LogP contribution in [0.15, 0.2) is 11.6 Å². The van der Waals surface area contributed by atoms with Gasteiger partial charge in [-0.2, -0.15) is 4.31 Å². The molecule has 0 aromatic rings. The maximum atomic E-state index is 12.1. The van der Waals surface area contributed by atoms with Crippen LogP contribution in [0.4, 0.5) is 0 Å². The molecule has 0 unspecified atom stereocenters.